The van der Waals surface area contributed by atoms with E-state index in [4.69, 9.17) is 5.73 Å². The fraction of sp³-hybridized carbons (Fsp3) is 0.600. The van der Waals surface area contributed by atoms with Gasteiger partial charge in [-0.05, 0) is 68.5 Å². The maximum Gasteiger partial charge on any atom is 0.0236 e. The Morgan fingerprint density at radius 2 is 1.83 bits per heavy atom. The van der Waals surface area contributed by atoms with Crippen LogP contribution >= 0.6 is 12.4 Å². The van der Waals surface area contributed by atoms with Crippen molar-refractivity contribution in [2.75, 3.05) is 19.6 Å². The molecule has 0 aliphatic carbocycles. The Morgan fingerprint density at radius 1 is 1.17 bits per heavy atom. The zero-order valence-corrected chi connectivity index (χ0v) is 12.5. The number of aryl methyl sites for hydroxylation is 3. The first-order valence-corrected chi connectivity index (χ1v) is 6.59. The number of nitrogens with two attached hydrogens (primary N) is 1. The van der Waals surface area contributed by atoms with Crippen LogP contribution < -0.4 is 5.73 Å². The molecule has 0 radical (unpaired) electrons. The van der Waals surface area contributed by atoms with Gasteiger partial charge < -0.3 is 5.73 Å². The van der Waals surface area contributed by atoms with Crippen LogP contribution in [0.4, 0.5) is 0 Å². The number of nitrogens with zero attached hydrogens (tertiary/aromatic N) is 1. The fourth-order valence-corrected chi connectivity index (χ4v) is 2.68. The molecule has 1 saturated heterocycles. The molecule has 18 heavy (non-hydrogen) atoms. The Balaban J connectivity index is 0.00000162. The van der Waals surface area contributed by atoms with Crippen LogP contribution in [0.15, 0.2) is 12.1 Å². The largest absolute Gasteiger partial charge is 0.330 e. The average Bonchev–Trinajstić information content (AvgIpc) is 2.73. The van der Waals surface area contributed by atoms with Crippen LogP contribution in [0.5, 0.6) is 0 Å². The molecule has 0 bridgehead atoms. The molecule has 2 nitrogen and oxygen atoms in total. The monoisotopic (exact) mass is 268 g/mol. The van der Waals surface area contributed by atoms with Gasteiger partial charge in [0.25, 0.3) is 0 Å². The molecule has 0 amide bonds. The molecule has 1 unspecified atom stereocenters. The van der Waals surface area contributed by atoms with Gasteiger partial charge in [0.05, 0.1) is 0 Å². The van der Waals surface area contributed by atoms with Crippen molar-refractivity contribution in [1.82, 2.24) is 4.90 Å². The number of benzene rings is 1. The van der Waals surface area contributed by atoms with Gasteiger partial charge in [-0.1, -0.05) is 12.1 Å². The summed E-state index contributed by atoms with van der Waals surface area (Å²) in [4.78, 5) is 2.54. The number of rotatable bonds is 3. The molecular formula is C15H25ClN2. The van der Waals surface area contributed by atoms with Crippen LogP contribution in [0.3, 0.4) is 0 Å². The summed E-state index contributed by atoms with van der Waals surface area (Å²) < 4.78 is 0. The van der Waals surface area contributed by atoms with E-state index in [1.54, 1.807) is 0 Å². The minimum Gasteiger partial charge on any atom is -0.330 e. The maximum atomic E-state index is 5.74. The highest BCUT2D eigenvalue weighted by Crippen LogP contribution is 2.21. The molecule has 102 valence electrons. The second-order valence-electron chi connectivity index (χ2n) is 5.49. The lowest BCUT2D eigenvalue weighted by Crippen LogP contribution is -2.23. The molecule has 0 spiro atoms. The molecule has 1 aliphatic rings. The minimum atomic E-state index is 0. The molecule has 1 atom stereocenters. The lowest BCUT2D eigenvalue weighted by Gasteiger charge is -2.18. The summed E-state index contributed by atoms with van der Waals surface area (Å²) in [5.41, 5.74) is 11.4. The Morgan fingerprint density at radius 3 is 2.44 bits per heavy atom. The van der Waals surface area contributed by atoms with Crippen LogP contribution in [0.25, 0.3) is 0 Å². The molecular weight excluding hydrogens is 244 g/mol. The highest BCUT2D eigenvalue weighted by molar-refractivity contribution is 5.85. The summed E-state index contributed by atoms with van der Waals surface area (Å²) in [6.45, 7) is 10.9. The summed E-state index contributed by atoms with van der Waals surface area (Å²) in [6.07, 6.45) is 1.26. The molecule has 1 aromatic rings. The van der Waals surface area contributed by atoms with Gasteiger partial charge in [-0.2, -0.15) is 0 Å². The van der Waals surface area contributed by atoms with E-state index in [1.807, 2.05) is 0 Å². The van der Waals surface area contributed by atoms with Crippen LogP contribution in [-0.4, -0.2) is 24.5 Å². The topological polar surface area (TPSA) is 29.3 Å². The Bertz CT molecular complexity index is 404. The molecule has 0 aromatic heterocycles. The van der Waals surface area contributed by atoms with Gasteiger partial charge in [-0.25, -0.2) is 0 Å². The normalized spacial score (nSPS) is 19.9. The van der Waals surface area contributed by atoms with E-state index in [2.05, 4.69) is 37.8 Å². The molecule has 2 N–H and O–H groups in total. The molecule has 1 fully saturated rings. The first-order chi connectivity index (χ1) is 8.10. The third kappa shape index (κ3) is 3.47. The van der Waals surface area contributed by atoms with Gasteiger partial charge in [0, 0.05) is 13.1 Å². The molecule has 1 aliphatic heterocycles. The van der Waals surface area contributed by atoms with Crippen LogP contribution in [0.1, 0.15) is 28.7 Å². The molecule has 1 aromatic carbocycles. The minimum absolute atomic E-state index is 0. The number of likely N-dealkylation sites (tertiary alicyclic amines) is 1. The summed E-state index contributed by atoms with van der Waals surface area (Å²) >= 11 is 0. The second kappa shape index (κ2) is 6.55. The van der Waals surface area contributed by atoms with Gasteiger partial charge in [-0.3, -0.25) is 4.90 Å². The van der Waals surface area contributed by atoms with Crippen LogP contribution in [-0.2, 0) is 6.54 Å². The zero-order valence-electron chi connectivity index (χ0n) is 11.7. The number of halogens is 1. The van der Waals surface area contributed by atoms with E-state index in [0.717, 1.165) is 13.1 Å². The van der Waals surface area contributed by atoms with Gasteiger partial charge in [0.1, 0.15) is 0 Å². The van der Waals surface area contributed by atoms with Crippen LogP contribution in [0.2, 0.25) is 0 Å². The fourth-order valence-electron chi connectivity index (χ4n) is 2.68. The predicted molar refractivity (Wildman–Crippen MR) is 80.3 cm³/mol. The van der Waals surface area contributed by atoms with Gasteiger partial charge >= 0.3 is 0 Å². The Kier molecular flexibility index (Phi) is 5.64. The average molecular weight is 269 g/mol. The number of hydrogen-bond acceptors (Lipinski definition) is 2. The van der Waals surface area contributed by atoms with Crippen molar-refractivity contribution in [3.05, 3.63) is 34.4 Å². The molecule has 2 rings (SSSR count). The van der Waals surface area contributed by atoms with Gasteiger partial charge in [0.2, 0.25) is 0 Å². The molecule has 3 heteroatoms. The van der Waals surface area contributed by atoms with E-state index in [-0.39, 0.29) is 12.4 Å². The summed E-state index contributed by atoms with van der Waals surface area (Å²) in [6, 6.07) is 4.65. The Labute approximate surface area is 117 Å². The maximum absolute atomic E-state index is 5.74. The highest BCUT2D eigenvalue weighted by Gasteiger charge is 2.21. The smallest absolute Gasteiger partial charge is 0.0236 e. The van der Waals surface area contributed by atoms with Crippen molar-refractivity contribution in [1.29, 1.82) is 0 Å². The van der Waals surface area contributed by atoms with Crippen molar-refractivity contribution in [3.8, 4) is 0 Å². The van der Waals surface area contributed by atoms with Crippen molar-refractivity contribution in [3.63, 3.8) is 0 Å². The van der Waals surface area contributed by atoms with Crippen molar-refractivity contribution >= 4 is 12.4 Å². The first kappa shape index (κ1) is 15.5. The van der Waals surface area contributed by atoms with E-state index in [1.165, 1.54) is 41.8 Å². The van der Waals surface area contributed by atoms with E-state index in [9.17, 15) is 0 Å². The van der Waals surface area contributed by atoms with Crippen molar-refractivity contribution < 1.29 is 0 Å². The van der Waals surface area contributed by atoms with Crippen molar-refractivity contribution in [2.45, 2.75) is 33.7 Å². The van der Waals surface area contributed by atoms with E-state index >= 15 is 0 Å². The summed E-state index contributed by atoms with van der Waals surface area (Å²) in [5, 5.41) is 0. The predicted octanol–water partition coefficient (Wildman–Crippen LogP) is 2.81. The van der Waals surface area contributed by atoms with Crippen molar-refractivity contribution in [2.24, 2.45) is 11.7 Å². The van der Waals surface area contributed by atoms with Crippen LogP contribution in [0, 0.1) is 26.7 Å². The first-order valence-electron chi connectivity index (χ1n) is 6.59. The quantitative estimate of drug-likeness (QED) is 0.914. The Hall–Kier alpha value is -0.570. The van der Waals surface area contributed by atoms with Gasteiger partial charge in [0.15, 0.2) is 0 Å². The molecule has 1 heterocycles. The second-order valence-corrected chi connectivity index (χ2v) is 5.49. The lowest BCUT2D eigenvalue weighted by atomic mass is 10.0. The standard InChI is InChI=1S/C15H24N2.ClH/c1-11-6-13(3)15(7-12(11)2)10-17-5-4-14(8-16)9-17;/h6-7,14H,4-5,8-10,16H2,1-3H3;1H. The third-order valence-corrected chi connectivity index (χ3v) is 4.05. The third-order valence-electron chi connectivity index (χ3n) is 4.05. The van der Waals surface area contributed by atoms with Gasteiger partial charge in [-0.15, -0.1) is 12.4 Å². The summed E-state index contributed by atoms with van der Waals surface area (Å²) in [7, 11) is 0. The highest BCUT2D eigenvalue weighted by atomic mass is 35.5. The lowest BCUT2D eigenvalue weighted by molar-refractivity contribution is 0.317. The molecule has 0 saturated carbocycles. The number of hydrogen-bond donors (Lipinski definition) is 1. The zero-order chi connectivity index (χ0) is 12.4. The van der Waals surface area contributed by atoms with E-state index in [0.29, 0.717) is 5.92 Å². The van der Waals surface area contributed by atoms with E-state index < -0.39 is 0 Å². The SMILES string of the molecule is Cc1cc(C)c(CN2CCC(CN)C2)cc1C.Cl. The summed E-state index contributed by atoms with van der Waals surface area (Å²) in [5.74, 6) is 0.710.